The van der Waals surface area contributed by atoms with Crippen LogP contribution in [0.1, 0.15) is 29.9 Å². The average molecular weight is 247 g/mol. The van der Waals surface area contributed by atoms with E-state index in [1.165, 1.54) is 0 Å². The van der Waals surface area contributed by atoms with Crippen molar-refractivity contribution in [2.45, 2.75) is 19.4 Å². The SMILES string of the molecule is C#CCN(CCC)C(=O)c1cn(C2CNC2)nn1. The molecular weight excluding hydrogens is 230 g/mol. The minimum atomic E-state index is -0.145. The van der Waals surface area contributed by atoms with Crippen molar-refractivity contribution >= 4 is 5.91 Å². The molecule has 0 aromatic carbocycles. The summed E-state index contributed by atoms with van der Waals surface area (Å²) in [6, 6.07) is 0.311. The molecule has 0 spiro atoms. The molecule has 0 atom stereocenters. The van der Waals surface area contributed by atoms with Crippen LogP contribution >= 0.6 is 0 Å². The Morgan fingerprint density at radius 2 is 2.50 bits per heavy atom. The first kappa shape index (κ1) is 12.6. The van der Waals surface area contributed by atoms with Crippen LogP contribution in [-0.4, -0.2) is 52.0 Å². The van der Waals surface area contributed by atoms with Crippen LogP contribution in [0.5, 0.6) is 0 Å². The predicted octanol–water partition coefficient (Wildman–Crippen LogP) is -0.0922. The summed E-state index contributed by atoms with van der Waals surface area (Å²) in [6.45, 7) is 4.71. The van der Waals surface area contributed by atoms with E-state index < -0.39 is 0 Å². The maximum absolute atomic E-state index is 12.2. The third kappa shape index (κ3) is 2.51. The van der Waals surface area contributed by atoms with Crippen molar-refractivity contribution in [3.8, 4) is 12.3 Å². The molecule has 1 N–H and O–H groups in total. The van der Waals surface area contributed by atoms with Gasteiger partial charge in [0.05, 0.1) is 18.8 Å². The van der Waals surface area contributed by atoms with E-state index in [9.17, 15) is 4.79 Å². The second-order valence-corrected chi connectivity index (χ2v) is 4.33. The molecule has 0 aliphatic carbocycles. The van der Waals surface area contributed by atoms with E-state index in [-0.39, 0.29) is 5.91 Å². The highest BCUT2D eigenvalue weighted by Gasteiger charge is 2.23. The van der Waals surface area contributed by atoms with Gasteiger partial charge in [-0.1, -0.05) is 18.1 Å². The number of carbonyl (C=O) groups is 1. The molecule has 1 aliphatic rings. The molecule has 0 bridgehead atoms. The zero-order valence-electron chi connectivity index (χ0n) is 10.5. The maximum atomic E-state index is 12.2. The Morgan fingerprint density at radius 1 is 1.72 bits per heavy atom. The van der Waals surface area contributed by atoms with Crippen LogP contribution in [0.25, 0.3) is 0 Å². The smallest absolute Gasteiger partial charge is 0.276 e. The van der Waals surface area contributed by atoms with Gasteiger partial charge in [0, 0.05) is 19.6 Å². The number of nitrogens with one attached hydrogen (secondary N) is 1. The molecule has 2 heterocycles. The van der Waals surface area contributed by atoms with Crippen molar-refractivity contribution in [2.75, 3.05) is 26.2 Å². The maximum Gasteiger partial charge on any atom is 0.276 e. The van der Waals surface area contributed by atoms with Gasteiger partial charge in [-0.25, -0.2) is 4.68 Å². The van der Waals surface area contributed by atoms with E-state index in [1.54, 1.807) is 15.8 Å². The van der Waals surface area contributed by atoms with Crippen molar-refractivity contribution in [1.29, 1.82) is 0 Å². The number of nitrogens with zero attached hydrogens (tertiary/aromatic N) is 4. The van der Waals surface area contributed by atoms with Crippen LogP contribution < -0.4 is 5.32 Å². The Bertz CT molecular complexity index is 457. The van der Waals surface area contributed by atoms with Crippen molar-refractivity contribution < 1.29 is 4.79 Å². The highest BCUT2D eigenvalue weighted by molar-refractivity contribution is 5.92. The van der Waals surface area contributed by atoms with E-state index in [0.717, 1.165) is 19.5 Å². The number of carbonyl (C=O) groups excluding carboxylic acids is 1. The molecule has 1 aliphatic heterocycles. The minimum Gasteiger partial charge on any atom is -0.326 e. The van der Waals surface area contributed by atoms with Crippen LogP contribution in [0.4, 0.5) is 0 Å². The van der Waals surface area contributed by atoms with Gasteiger partial charge in [-0.15, -0.1) is 11.5 Å². The van der Waals surface area contributed by atoms with Gasteiger partial charge in [0.2, 0.25) is 0 Å². The van der Waals surface area contributed by atoms with Gasteiger partial charge in [-0.3, -0.25) is 4.79 Å². The quantitative estimate of drug-likeness (QED) is 0.739. The second kappa shape index (κ2) is 5.65. The second-order valence-electron chi connectivity index (χ2n) is 4.33. The molecule has 0 radical (unpaired) electrons. The Labute approximate surface area is 106 Å². The lowest BCUT2D eigenvalue weighted by atomic mass is 10.2. The molecule has 1 aromatic rings. The fourth-order valence-electron chi connectivity index (χ4n) is 1.81. The van der Waals surface area contributed by atoms with Crippen molar-refractivity contribution in [1.82, 2.24) is 25.2 Å². The molecule has 1 aromatic heterocycles. The Morgan fingerprint density at radius 3 is 3.06 bits per heavy atom. The van der Waals surface area contributed by atoms with Crippen LogP contribution in [0, 0.1) is 12.3 Å². The predicted molar refractivity (Wildman–Crippen MR) is 67.0 cm³/mol. The molecule has 6 nitrogen and oxygen atoms in total. The lowest BCUT2D eigenvalue weighted by molar-refractivity contribution is 0.0771. The van der Waals surface area contributed by atoms with Crippen molar-refractivity contribution in [3.05, 3.63) is 11.9 Å². The summed E-state index contributed by atoms with van der Waals surface area (Å²) in [5.41, 5.74) is 0.366. The van der Waals surface area contributed by atoms with Gasteiger partial charge in [-0.05, 0) is 6.42 Å². The fraction of sp³-hybridized carbons (Fsp3) is 0.583. The van der Waals surface area contributed by atoms with E-state index in [4.69, 9.17) is 6.42 Å². The molecule has 6 heteroatoms. The number of aromatic nitrogens is 3. The fourth-order valence-corrected chi connectivity index (χ4v) is 1.81. The van der Waals surface area contributed by atoms with Crippen LogP contribution in [-0.2, 0) is 0 Å². The van der Waals surface area contributed by atoms with Crippen molar-refractivity contribution in [2.24, 2.45) is 0 Å². The normalized spacial score (nSPS) is 14.9. The summed E-state index contributed by atoms with van der Waals surface area (Å²) in [4.78, 5) is 13.8. The van der Waals surface area contributed by atoms with Crippen LogP contribution in [0.3, 0.4) is 0 Å². The zero-order chi connectivity index (χ0) is 13.0. The van der Waals surface area contributed by atoms with E-state index in [0.29, 0.717) is 24.8 Å². The Kier molecular flexibility index (Phi) is 3.95. The standard InChI is InChI=1S/C12H17N5O/c1-3-5-16(6-4-2)12(18)11-9-17(15-14-11)10-7-13-8-10/h1,9-10,13H,4-8H2,2H3. The highest BCUT2D eigenvalue weighted by atomic mass is 16.2. The monoisotopic (exact) mass is 247 g/mol. The Hall–Kier alpha value is -1.87. The van der Waals surface area contributed by atoms with E-state index in [1.807, 2.05) is 6.92 Å². The highest BCUT2D eigenvalue weighted by Crippen LogP contribution is 2.11. The number of hydrogen-bond donors (Lipinski definition) is 1. The summed E-state index contributed by atoms with van der Waals surface area (Å²) < 4.78 is 1.74. The summed E-state index contributed by atoms with van der Waals surface area (Å²) in [7, 11) is 0. The van der Waals surface area contributed by atoms with Crippen LogP contribution in [0.2, 0.25) is 0 Å². The van der Waals surface area contributed by atoms with Crippen LogP contribution in [0.15, 0.2) is 6.20 Å². The van der Waals surface area contributed by atoms with Gasteiger partial charge in [0.25, 0.3) is 5.91 Å². The third-order valence-corrected chi connectivity index (χ3v) is 2.93. The third-order valence-electron chi connectivity index (χ3n) is 2.93. The van der Waals surface area contributed by atoms with Gasteiger partial charge in [-0.2, -0.15) is 0 Å². The first-order valence-electron chi connectivity index (χ1n) is 6.11. The summed E-state index contributed by atoms with van der Waals surface area (Å²) in [5, 5.41) is 11.1. The number of rotatable bonds is 5. The molecule has 2 rings (SSSR count). The van der Waals surface area contributed by atoms with E-state index >= 15 is 0 Å². The zero-order valence-corrected chi connectivity index (χ0v) is 10.5. The van der Waals surface area contributed by atoms with Gasteiger partial charge < -0.3 is 10.2 Å². The molecule has 1 saturated heterocycles. The molecule has 1 fully saturated rings. The molecule has 96 valence electrons. The summed E-state index contributed by atoms with van der Waals surface area (Å²) in [5.74, 6) is 2.35. The first-order chi connectivity index (χ1) is 8.76. The van der Waals surface area contributed by atoms with Gasteiger partial charge >= 0.3 is 0 Å². The summed E-state index contributed by atoms with van der Waals surface area (Å²) >= 11 is 0. The topological polar surface area (TPSA) is 63.1 Å². The number of terminal acetylenes is 1. The molecule has 1 amide bonds. The van der Waals surface area contributed by atoms with Gasteiger partial charge in [0.1, 0.15) is 0 Å². The molecule has 18 heavy (non-hydrogen) atoms. The minimum absolute atomic E-state index is 0.145. The lowest BCUT2D eigenvalue weighted by Crippen LogP contribution is -2.43. The van der Waals surface area contributed by atoms with Crippen molar-refractivity contribution in [3.63, 3.8) is 0 Å². The lowest BCUT2D eigenvalue weighted by Gasteiger charge is -2.26. The number of hydrogen-bond acceptors (Lipinski definition) is 4. The average Bonchev–Trinajstić information content (AvgIpc) is 2.75. The molecular formula is C12H17N5O. The summed E-state index contributed by atoms with van der Waals surface area (Å²) in [6.07, 6.45) is 7.84. The Balaban J connectivity index is 2.06. The number of amides is 1. The van der Waals surface area contributed by atoms with Gasteiger partial charge in [0.15, 0.2) is 5.69 Å². The molecule has 0 unspecified atom stereocenters. The molecule has 0 saturated carbocycles. The largest absolute Gasteiger partial charge is 0.326 e. The van der Waals surface area contributed by atoms with E-state index in [2.05, 4.69) is 21.5 Å². The first-order valence-corrected chi connectivity index (χ1v) is 6.11.